The number of hydrogen-bond donors (Lipinski definition) is 0. The van der Waals surface area contributed by atoms with Crippen LogP contribution >= 0.6 is 0 Å². The lowest BCUT2D eigenvalue weighted by molar-refractivity contribution is -0.170. The third-order valence-corrected chi connectivity index (χ3v) is 4.15. The molecule has 1 aromatic carbocycles. The quantitative estimate of drug-likeness (QED) is 0.613. The highest BCUT2D eigenvalue weighted by molar-refractivity contribution is 6.28. The minimum absolute atomic E-state index is 0.363. The predicted octanol–water partition coefficient (Wildman–Crippen LogP) is 2.96. The maximum Gasteiger partial charge on any atom is 0.335 e. The normalized spacial score (nSPS) is 19.3. The van der Waals surface area contributed by atoms with Crippen LogP contribution < -0.4 is 0 Å². The first kappa shape index (κ1) is 16.8. The van der Waals surface area contributed by atoms with Gasteiger partial charge in [0.25, 0.3) is 0 Å². The van der Waals surface area contributed by atoms with Crippen molar-refractivity contribution < 1.29 is 23.9 Å². The lowest BCUT2D eigenvalue weighted by Gasteiger charge is -2.25. The molecule has 0 heterocycles. The smallest absolute Gasteiger partial charge is 0.335 e. The largest absolute Gasteiger partial charge is 0.458 e. The molecule has 5 heteroatoms. The molecule has 5 nitrogen and oxygen atoms in total. The number of carbonyl (C=O) groups excluding carboxylic acids is 3. The molecule has 1 aromatic rings. The van der Waals surface area contributed by atoms with Crippen LogP contribution in [-0.4, -0.2) is 35.3 Å². The van der Waals surface area contributed by atoms with Crippen molar-refractivity contribution in [3.63, 3.8) is 0 Å². The Labute approximate surface area is 141 Å². The van der Waals surface area contributed by atoms with Gasteiger partial charge in [-0.05, 0) is 33.1 Å². The fraction of sp³-hybridized carbons (Fsp3) is 0.526. The van der Waals surface area contributed by atoms with Gasteiger partial charge >= 0.3 is 5.97 Å². The minimum atomic E-state index is -1.24. The van der Waals surface area contributed by atoms with Crippen molar-refractivity contribution in [2.45, 2.75) is 57.8 Å². The van der Waals surface area contributed by atoms with Gasteiger partial charge in [0.15, 0.2) is 23.8 Å². The average molecular weight is 330 g/mol. The molecule has 0 aliphatic heterocycles. The van der Waals surface area contributed by atoms with Gasteiger partial charge in [-0.2, -0.15) is 0 Å². The molecule has 0 N–H and O–H groups in total. The molecule has 1 saturated carbocycles. The molecule has 3 rings (SSSR count). The van der Waals surface area contributed by atoms with Gasteiger partial charge < -0.3 is 9.47 Å². The van der Waals surface area contributed by atoms with Crippen molar-refractivity contribution in [3.05, 3.63) is 35.4 Å². The summed E-state index contributed by atoms with van der Waals surface area (Å²) in [6.45, 7) is 5.34. The van der Waals surface area contributed by atoms with E-state index in [-0.39, 0.29) is 11.6 Å². The summed E-state index contributed by atoms with van der Waals surface area (Å²) in [5.41, 5.74) is 0.0817. The topological polar surface area (TPSA) is 69.7 Å². The molecule has 1 fully saturated rings. The van der Waals surface area contributed by atoms with Gasteiger partial charge in [0.2, 0.25) is 0 Å². The summed E-state index contributed by atoms with van der Waals surface area (Å²) in [6, 6.07) is 6.65. The zero-order valence-electron chi connectivity index (χ0n) is 14.2. The predicted molar refractivity (Wildman–Crippen MR) is 87.0 cm³/mol. The van der Waals surface area contributed by atoms with Crippen molar-refractivity contribution in [1.29, 1.82) is 0 Å². The van der Waals surface area contributed by atoms with Crippen LogP contribution in [0.3, 0.4) is 0 Å². The lowest BCUT2D eigenvalue weighted by atomic mass is 10.1. The summed E-state index contributed by atoms with van der Waals surface area (Å²) in [7, 11) is 0. The fourth-order valence-corrected chi connectivity index (χ4v) is 2.83. The Morgan fingerprint density at radius 3 is 2.12 bits per heavy atom. The molecule has 0 aromatic heterocycles. The van der Waals surface area contributed by atoms with Crippen LogP contribution in [0.15, 0.2) is 24.3 Å². The monoisotopic (exact) mass is 330 g/mol. The molecule has 2 aliphatic rings. The van der Waals surface area contributed by atoms with Crippen LogP contribution in [0, 0.1) is 5.92 Å². The molecular weight excluding hydrogens is 308 g/mol. The standard InChI is InChI=1S/C19H22O5/c1-19(2,3)24-18(22)14(10-11-8-9-11)23-17-15(20)12-6-4-5-7-13(12)16(17)21/h4-7,11,14,17H,8-10H2,1-3H3/t14-/m1/s1. The molecule has 24 heavy (non-hydrogen) atoms. The van der Waals surface area contributed by atoms with Crippen molar-refractivity contribution in [3.8, 4) is 0 Å². The molecule has 0 amide bonds. The number of carbonyl (C=O) groups is 3. The van der Waals surface area contributed by atoms with Gasteiger partial charge in [-0.1, -0.05) is 37.1 Å². The van der Waals surface area contributed by atoms with Crippen molar-refractivity contribution >= 4 is 17.5 Å². The van der Waals surface area contributed by atoms with E-state index in [9.17, 15) is 14.4 Å². The highest BCUT2D eigenvalue weighted by atomic mass is 16.6. The summed E-state index contributed by atoms with van der Waals surface area (Å²) < 4.78 is 11.1. The SMILES string of the molecule is CC(C)(C)OC(=O)[C@@H](CC1CC1)OC1C(=O)c2ccccc2C1=O. The second-order valence-electron chi connectivity index (χ2n) is 7.49. The highest BCUT2D eigenvalue weighted by Crippen LogP contribution is 2.36. The van der Waals surface area contributed by atoms with Gasteiger partial charge in [0.1, 0.15) is 5.60 Å². The number of Topliss-reactive ketones (excluding diaryl/α,β-unsaturated/α-hetero) is 2. The Morgan fingerprint density at radius 2 is 1.67 bits per heavy atom. The number of fused-ring (bicyclic) bond motifs is 1. The third kappa shape index (κ3) is 3.56. The number of ether oxygens (including phenoxy) is 2. The molecule has 2 aliphatic carbocycles. The Bertz CT molecular complexity index is 646. The molecular formula is C19H22O5. The number of rotatable bonds is 5. The molecule has 0 unspecified atom stereocenters. The van der Waals surface area contributed by atoms with Gasteiger partial charge in [-0.3, -0.25) is 9.59 Å². The Morgan fingerprint density at radius 1 is 1.12 bits per heavy atom. The van der Waals surface area contributed by atoms with E-state index in [0.29, 0.717) is 23.5 Å². The molecule has 0 spiro atoms. The van der Waals surface area contributed by atoms with Gasteiger partial charge in [-0.25, -0.2) is 4.79 Å². The van der Waals surface area contributed by atoms with Crippen LogP contribution in [0.4, 0.5) is 0 Å². The van der Waals surface area contributed by atoms with Gasteiger partial charge in [0.05, 0.1) is 0 Å². The summed E-state index contributed by atoms with van der Waals surface area (Å²) in [4.78, 5) is 37.3. The second-order valence-corrected chi connectivity index (χ2v) is 7.49. The zero-order valence-corrected chi connectivity index (χ0v) is 14.2. The van der Waals surface area contributed by atoms with E-state index in [1.807, 2.05) is 0 Å². The Kier molecular flexibility index (Phi) is 4.30. The van der Waals surface area contributed by atoms with Crippen LogP contribution in [0.5, 0.6) is 0 Å². The van der Waals surface area contributed by atoms with E-state index in [4.69, 9.17) is 9.47 Å². The number of hydrogen-bond acceptors (Lipinski definition) is 5. The van der Waals surface area contributed by atoms with Crippen molar-refractivity contribution in [1.82, 2.24) is 0 Å². The maximum atomic E-state index is 12.5. The summed E-state index contributed by atoms with van der Waals surface area (Å²) in [5.74, 6) is -0.859. The first-order valence-electron chi connectivity index (χ1n) is 8.32. The lowest BCUT2D eigenvalue weighted by Crippen LogP contribution is -2.39. The van der Waals surface area contributed by atoms with E-state index in [1.54, 1.807) is 45.0 Å². The molecule has 0 radical (unpaired) electrons. The highest BCUT2D eigenvalue weighted by Gasteiger charge is 2.43. The minimum Gasteiger partial charge on any atom is -0.458 e. The number of ketones is 2. The van der Waals surface area contributed by atoms with E-state index in [1.165, 1.54) is 0 Å². The van der Waals surface area contributed by atoms with Crippen LogP contribution in [0.25, 0.3) is 0 Å². The van der Waals surface area contributed by atoms with E-state index < -0.39 is 23.8 Å². The molecule has 128 valence electrons. The fourth-order valence-electron chi connectivity index (χ4n) is 2.83. The van der Waals surface area contributed by atoms with Crippen LogP contribution in [0.1, 0.15) is 60.7 Å². The summed E-state index contributed by atoms with van der Waals surface area (Å²) >= 11 is 0. The third-order valence-electron chi connectivity index (χ3n) is 4.15. The van der Waals surface area contributed by atoms with E-state index in [0.717, 1.165) is 12.8 Å². The van der Waals surface area contributed by atoms with Crippen LogP contribution in [-0.2, 0) is 14.3 Å². The molecule has 0 saturated heterocycles. The van der Waals surface area contributed by atoms with E-state index >= 15 is 0 Å². The zero-order chi connectivity index (χ0) is 17.5. The first-order valence-corrected chi connectivity index (χ1v) is 8.32. The average Bonchev–Trinajstić information content (AvgIpc) is 3.28. The summed E-state index contributed by atoms with van der Waals surface area (Å²) in [6.07, 6.45) is 0.440. The number of esters is 1. The first-order chi connectivity index (χ1) is 11.3. The van der Waals surface area contributed by atoms with Gasteiger partial charge in [0, 0.05) is 11.1 Å². The van der Waals surface area contributed by atoms with Crippen LogP contribution in [0.2, 0.25) is 0 Å². The second kappa shape index (κ2) is 6.13. The Balaban J connectivity index is 1.77. The van der Waals surface area contributed by atoms with Crippen molar-refractivity contribution in [2.75, 3.05) is 0 Å². The van der Waals surface area contributed by atoms with Gasteiger partial charge in [-0.15, -0.1) is 0 Å². The molecule has 0 bridgehead atoms. The Hall–Kier alpha value is -2.01. The van der Waals surface area contributed by atoms with E-state index in [2.05, 4.69) is 0 Å². The molecule has 1 atom stereocenters. The maximum absolute atomic E-state index is 12.5. The summed E-state index contributed by atoms with van der Waals surface area (Å²) in [5, 5.41) is 0. The van der Waals surface area contributed by atoms with Crippen molar-refractivity contribution in [2.24, 2.45) is 5.92 Å². The number of benzene rings is 1.